The molecule has 24 heavy (non-hydrogen) atoms. The van der Waals surface area contributed by atoms with Gasteiger partial charge in [0.15, 0.2) is 5.82 Å². The summed E-state index contributed by atoms with van der Waals surface area (Å²) < 4.78 is 4.97. The lowest BCUT2D eigenvalue weighted by molar-refractivity contribution is 0.102. The lowest BCUT2D eigenvalue weighted by Gasteiger charge is -2.07. The summed E-state index contributed by atoms with van der Waals surface area (Å²) in [6.45, 7) is 1.80. The number of benzene rings is 1. The molecule has 2 heterocycles. The highest BCUT2D eigenvalue weighted by atomic mass is 35.5. The van der Waals surface area contributed by atoms with Crippen molar-refractivity contribution in [1.82, 2.24) is 10.1 Å². The predicted molar refractivity (Wildman–Crippen MR) is 93.2 cm³/mol. The van der Waals surface area contributed by atoms with Crippen LogP contribution in [0.15, 0.2) is 47.1 Å². The molecule has 8 heteroatoms. The Morgan fingerprint density at radius 3 is 2.42 bits per heavy atom. The largest absolute Gasteiger partial charge is 0.360 e. The quantitative estimate of drug-likeness (QED) is 0.704. The Morgan fingerprint density at radius 1 is 1.08 bits per heavy atom. The van der Waals surface area contributed by atoms with Crippen molar-refractivity contribution in [2.75, 3.05) is 10.6 Å². The standard InChI is InChI=1S/C16H12Cl2N4O2/c1-9-4-15(22-24-9)20-12-2-3-14(19-8-12)16(23)21-13-6-10(17)5-11(18)7-13/h2-8H,1H3,(H,20,22)(H,21,23). The van der Waals surface area contributed by atoms with E-state index in [1.165, 1.54) is 6.20 Å². The molecule has 0 bridgehead atoms. The Labute approximate surface area is 147 Å². The van der Waals surface area contributed by atoms with Crippen LogP contribution in [0.3, 0.4) is 0 Å². The zero-order chi connectivity index (χ0) is 17.1. The fraction of sp³-hybridized carbons (Fsp3) is 0.0625. The number of anilines is 3. The summed E-state index contributed by atoms with van der Waals surface area (Å²) in [4.78, 5) is 16.3. The molecular weight excluding hydrogens is 351 g/mol. The zero-order valence-electron chi connectivity index (χ0n) is 12.5. The molecule has 3 aromatic rings. The number of nitrogens with zero attached hydrogens (tertiary/aromatic N) is 2. The molecule has 0 saturated heterocycles. The number of hydrogen-bond acceptors (Lipinski definition) is 5. The molecule has 0 radical (unpaired) electrons. The molecule has 6 nitrogen and oxygen atoms in total. The zero-order valence-corrected chi connectivity index (χ0v) is 14.0. The number of nitrogens with one attached hydrogen (secondary N) is 2. The molecule has 2 aromatic heterocycles. The Balaban J connectivity index is 1.69. The highest BCUT2D eigenvalue weighted by Gasteiger charge is 2.09. The summed E-state index contributed by atoms with van der Waals surface area (Å²) in [5, 5.41) is 10.4. The molecule has 0 atom stereocenters. The van der Waals surface area contributed by atoms with Gasteiger partial charge < -0.3 is 15.2 Å². The van der Waals surface area contributed by atoms with Crippen LogP contribution < -0.4 is 10.6 Å². The van der Waals surface area contributed by atoms with Crippen LogP contribution in [0.25, 0.3) is 0 Å². The van der Waals surface area contributed by atoms with Crippen LogP contribution in [0.4, 0.5) is 17.2 Å². The molecule has 122 valence electrons. The average molecular weight is 363 g/mol. The number of hydrogen-bond donors (Lipinski definition) is 2. The highest BCUT2D eigenvalue weighted by molar-refractivity contribution is 6.35. The fourth-order valence-electron chi connectivity index (χ4n) is 2.00. The number of amides is 1. The second-order valence-corrected chi connectivity index (χ2v) is 5.87. The average Bonchev–Trinajstić information content (AvgIpc) is 2.92. The summed E-state index contributed by atoms with van der Waals surface area (Å²) in [6, 6.07) is 9.86. The number of pyridine rings is 1. The normalized spacial score (nSPS) is 10.5. The number of halogens is 2. The number of aromatic nitrogens is 2. The molecule has 0 unspecified atom stereocenters. The van der Waals surface area contributed by atoms with E-state index in [1.54, 1.807) is 43.3 Å². The Kier molecular flexibility index (Phi) is 4.69. The van der Waals surface area contributed by atoms with Crippen molar-refractivity contribution in [3.05, 3.63) is 64.1 Å². The van der Waals surface area contributed by atoms with E-state index in [0.29, 0.717) is 33.0 Å². The second-order valence-electron chi connectivity index (χ2n) is 4.99. The van der Waals surface area contributed by atoms with Gasteiger partial charge in [0.1, 0.15) is 11.5 Å². The lowest BCUT2D eigenvalue weighted by atomic mass is 10.2. The van der Waals surface area contributed by atoms with Gasteiger partial charge in [0.05, 0.1) is 11.9 Å². The molecule has 0 aliphatic rings. The van der Waals surface area contributed by atoms with E-state index < -0.39 is 0 Å². The minimum atomic E-state index is -0.364. The summed E-state index contributed by atoms with van der Waals surface area (Å²) in [7, 11) is 0. The minimum Gasteiger partial charge on any atom is -0.360 e. The molecule has 1 amide bonds. The van der Waals surface area contributed by atoms with Crippen molar-refractivity contribution in [2.45, 2.75) is 6.92 Å². The number of rotatable bonds is 4. The van der Waals surface area contributed by atoms with Gasteiger partial charge in [0.2, 0.25) is 0 Å². The van der Waals surface area contributed by atoms with Crippen LogP contribution in [-0.4, -0.2) is 16.0 Å². The highest BCUT2D eigenvalue weighted by Crippen LogP contribution is 2.23. The SMILES string of the molecule is Cc1cc(Nc2ccc(C(=O)Nc3cc(Cl)cc(Cl)c3)nc2)no1. The number of carbonyl (C=O) groups is 1. The first-order valence-corrected chi connectivity index (χ1v) is 7.69. The lowest BCUT2D eigenvalue weighted by Crippen LogP contribution is -2.13. The van der Waals surface area contributed by atoms with Crippen LogP contribution in [-0.2, 0) is 0 Å². The minimum absolute atomic E-state index is 0.257. The predicted octanol–water partition coefficient (Wildman–Crippen LogP) is 4.68. The first kappa shape index (κ1) is 16.3. The van der Waals surface area contributed by atoms with E-state index >= 15 is 0 Å². The molecule has 1 aromatic carbocycles. The molecule has 2 N–H and O–H groups in total. The van der Waals surface area contributed by atoms with Crippen molar-refractivity contribution >= 4 is 46.3 Å². The maximum Gasteiger partial charge on any atom is 0.274 e. The van der Waals surface area contributed by atoms with Crippen molar-refractivity contribution < 1.29 is 9.32 Å². The summed E-state index contributed by atoms with van der Waals surface area (Å²) in [5.74, 6) is 0.902. The van der Waals surface area contributed by atoms with Crippen molar-refractivity contribution in [3.63, 3.8) is 0 Å². The van der Waals surface area contributed by atoms with Gasteiger partial charge in [-0.05, 0) is 37.3 Å². The monoisotopic (exact) mass is 362 g/mol. The molecular formula is C16H12Cl2N4O2. The van der Waals surface area contributed by atoms with E-state index in [2.05, 4.69) is 20.8 Å². The van der Waals surface area contributed by atoms with Gasteiger partial charge >= 0.3 is 0 Å². The van der Waals surface area contributed by atoms with Crippen LogP contribution in [0.5, 0.6) is 0 Å². The third-order valence-corrected chi connectivity index (χ3v) is 3.45. The van der Waals surface area contributed by atoms with Gasteiger partial charge in [-0.2, -0.15) is 0 Å². The van der Waals surface area contributed by atoms with E-state index in [0.717, 1.165) is 0 Å². The van der Waals surface area contributed by atoms with Crippen molar-refractivity contribution in [1.29, 1.82) is 0 Å². The molecule has 0 saturated carbocycles. The molecule has 0 aliphatic heterocycles. The third kappa shape index (κ3) is 4.04. The molecule has 3 rings (SSSR count). The molecule has 0 fully saturated rings. The van der Waals surface area contributed by atoms with E-state index in [4.69, 9.17) is 27.7 Å². The van der Waals surface area contributed by atoms with Crippen LogP contribution in [0, 0.1) is 6.92 Å². The third-order valence-electron chi connectivity index (χ3n) is 3.02. The van der Waals surface area contributed by atoms with Gasteiger partial charge in [-0.25, -0.2) is 4.98 Å². The topological polar surface area (TPSA) is 80.0 Å². The van der Waals surface area contributed by atoms with Gasteiger partial charge in [-0.1, -0.05) is 28.4 Å². The second kappa shape index (κ2) is 6.90. The van der Waals surface area contributed by atoms with Crippen LogP contribution in [0.1, 0.15) is 16.2 Å². The van der Waals surface area contributed by atoms with Gasteiger partial charge in [-0.15, -0.1) is 0 Å². The van der Waals surface area contributed by atoms with E-state index in [9.17, 15) is 4.79 Å². The molecule has 0 spiro atoms. The Hall–Kier alpha value is -2.57. The van der Waals surface area contributed by atoms with Gasteiger partial charge in [0.25, 0.3) is 5.91 Å². The Morgan fingerprint density at radius 2 is 1.83 bits per heavy atom. The maximum atomic E-state index is 12.2. The summed E-state index contributed by atoms with van der Waals surface area (Å²) in [5.41, 5.74) is 1.44. The summed E-state index contributed by atoms with van der Waals surface area (Å²) >= 11 is 11.8. The maximum absolute atomic E-state index is 12.2. The number of carbonyl (C=O) groups excluding carboxylic acids is 1. The van der Waals surface area contributed by atoms with Crippen molar-refractivity contribution in [3.8, 4) is 0 Å². The van der Waals surface area contributed by atoms with E-state index in [1.807, 2.05) is 0 Å². The van der Waals surface area contributed by atoms with Crippen molar-refractivity contribution in [2.24, 2.45) is 0 Å². The van der Waals surface area contributed by atoms with Gasteiger partial charge in [0, 0.05) is 21.8 Å². The first-order valence-electron chi connectivity index (χ1n) is 6.93. The molecule has 0 aliphatic carbocycles. The van der Waals surface area contributed by atoms with Crippen LogP contribution in [0.2, 0.25) is 10.0 Å². The van der Waals surface area contributed by atoms with Gasteiger partial charge in [-0.3, -0.25) is 4.79 Å². The number of aryl methyl sites for hydroxylation is 1. The van der Waals surface area contributed by atoms with Crippen LogP contribution >= 0.6 is 23.2 Å². The summed E-state index contributed by atoms with van der Waals surface area (Å²) in [6.07, 6.45) is 1.53. The smallest absolute Gasteiger partial charge is 0.274 e. The van der Waals surface area contributed by atoms with E-state index in [-0.39, 0.29) is 11.6 Å². The Bertz CT molecular complexity index is 858. The fourth-order valence-corrected chi connectivity index (χ4v) is 2.52. The first-order chi connectivity index (χ1) is 11.5.